The first kappa shape index (κ1) is 21.6. The molecular formula is C22H29NO5S. The number of ketones is 1. The minimum atomic E-state index is -3.59. The van der Waals surface area contributed by atoms with E-state index in [1.807, 2.05) is 18.2 Å². The van der Waals surface area contributed by atoms with Gasteiger partial charge < -0.3 is 9.15 Å². The largest absolute Gasteiger partial charge is 0.497 e. The van der Waals surface area contributed by atoms with Crippen molar-refractivity contribution in [1.82, 2.24) is 4.98 Å². The first-order valence-corrected chi connectivity index (χ1v) is 12.0. The Balaban J connectivity index is 1.65. The third kappa shape index (κ3) is 6.16. The van der Waals surface area contributed by atoms with Gasteiger partial charge in [-0.2, -0.15) is 0 Å². The van der Waals surface area contributed by atoms with E-state index in [-0.39, 0.29) is 11.5 Å². The molecule has 1 aliphatic carbocycles. The van der Waals surface area contributed by atoms with Crippen LogP contribution in [-0.2, 0) is 20.4 Å². The molecule has 158 valence electrons. The highest BCUT2D eigenvalue weighted by atomic mass is 32.2. The topological polar surface area (TPSA) is 86.5 Å². The summed E-state index contributed by atoms with van der Waals surface area (Å²) >= 11 is 0. The Morgan fingerprint density at radius 3 is 2.62 bits per heavy atom. The lowest BCUT2D eigenvalue weighted by atomic mass is 9.95. The van der Waals surface area contributed by atoms with Gasteiger partial charge in [0.1, 0.15) is 23.0 Å². The molecular weight excluding hydrogens is 390 g/mol. The third-order valence-electron chi connectivity index (χ3n) is 5.44. The summed E-state index contributed by atoms with van der Waals surface area (Å²) in [6.45, 7) is 1.69. The number of aromatic nitrogens is 1. The number of oxazole rings is 1. The van der Waals surface area contributed by atoms with Crippen molar-refractivity contribution in [2.75, 3.05) is 12.9 Å². The molecule has 0 unspecified atom stereocenters. The van der Waals surface area contributed by atoms with Gasteiger partial charge in [-0.3, -0.25) is 4.79 Å². The van der Waals surface area contributed by atoms with E-state index in [1.165, 1.54) is 12.8 Å². The van der Waals surface area contributed by atoms with Crippen molar-refractivity contribution >= 4 is 15.6 Å². The average Bonchev–Trinajstić information content (AvgIpc) is 2.87. The van der Waals surface area contributed by atoms with Gasteiger partial charge in [-0.25, -0.2) is 13.4 Å². The van der Waals surface area contributed by atoms with Gasteiger partial charge in [0.05, 0.1) is 18.6 Å². The molecule has 0 atom stereocenters. The van der Waals surface area contributed by atoms with Crippen molar-refractivity contribution in [3.63, 3.8) is 0 Å². The Morgan fingerprint density at radius 1 is 1.21 bits per heavy atom. The predicted octanol–water partition coefficient (Wildman–Crippen LogP) is 4.50. The summed E-state index contributed by atoms with van der Waals surface area (Å²) in [5.74, 6) is 0.878. The molecule has 0 N–H and O–H groups in total. The van der Waals surface area contributed by atoms with E-state index in [0.29, 0.717) is 41.0 Å². The molecule has 2 aromatic rings. The van der Waals surface area contributed by atoms with Crippen LogP contribution in [0.5, 0.6) is 5.75 Å². The number of carbonyl (C=O) groups is 1. The number of ether oxygens (including phenoxy) is 1. The number of hydrogen-bond acceptors (Lipinski definition) is 6. The molecule has 7 heteroatoms. The highest BCUT2D eigenvalue weighted by molar-refractivity contribution is 7.91. The summed E-state index contributed by atoms with van der Waals surface area (Å²) in [5, 5.41) is 0. The van der Waals surface area contributed by atoms with Gasteiger partial charge in [-0.1, -0.05) is 44.6 Å². The molecule has 6 nitrogen and oxygen atoms in total. The quantitative estimate of drug-likeness (QED) is 0.586. The second-order valence-electron chi connectivity index (χ2n) is 7.89. The van der Waals surface area contributed by atoms with Gasteiger partial charge in [-0.05, 0) is 31.0 Å². The third-order valence-corrected chi connectivity index (χ3v) is 6.91. The van der Waals surface area contributed by atoms with Crippen LogP contribution in [0.25, 0.3) is 11.5 Å². The number of methoxy groups -OCH3 is 1. The Kier molecular flexibility index (Phi) is 7.11. The lowest BCUT2D eigenvalue weighted by Gasteiger charge is -2.12. The highest BCUT2D eigenvalue weighted by Gasteiger charge is 2.24. The molecule has 1 aromatic heterocycles. The maximum atomic E-state index is 12.6. The zero-order valence-corrected chi connectivity index (χ0v) is 18.0. The van der Waals surface area contributed by atoms with Crippen LogP contribution in [0.2, 0.25) is 0 Å². The fourth-order valence-electron chi connectivity index (χ4n) is 3.90. The minimum Gasteiger partial charge on any atom is -0.497 e. The molecule has 0 aliphatic heterocycles. The van der Waals surface area contributed by atoms with Crippen LogP contribution in [0.4, 0.5) is 0 Å². The number of carbonyl (C=O) groups excluding carboxylic acids is 1. The SMILES string of the molecule is COc1cccc(-c2nc(CS(=O)(=O)CC(=O)CC3CCCCCC3)c(C)o2)c1. The molecule has 3 rings (SSSR count). The predicted molar refractivity (Wildman–Crippen MR) is 112 cm³/mol. The maximum Gasteiger partial charge on any atom is 0.226 e. The number of rotatable bonds is 8. The monoisotopic (exact) mass is 419 g/mol. The molecule has 1 fully saturated rings. The highest BCUT2D eigenvalue weighted by Crippen LogP contribution is 2.27. The Morgan fingerprint density at radius 2 is 1.93 bits per heavy atom. The lowest BCUT2D eigenvalue weighted by Crippen LogP contribution is -2.20. The summed E-state index contributed by atoms with van der Waals surface area (Å²) in [6.07, 6.45) is 7.11. The van der Waals surface area contributed by atoms with E-state index in [1.54, 1.807) is 20.1 Å². The molecule has 1 aromatic carbocycles. The lowest BCUT2D eigenvalue weighted by molar-refractivity contribution is -0.117. The molecule has 0 bridgehead atoms. The van der Waals surface area contributed by atoms with Crippen LogP contribution in [0.3, 0.4) is 0 Å². The first-order chi connectivity index (χ1) is 13.9. The van der Waals surface area contributed by atoms with Crippen LogP contribution in [0.1, 0.15) is 56.4 Å². The summed E-state index contributed by atoms with van der Waals surface area (Å²) in [7, 11) is -2.02. The molecule has 0 radical (unpaired) electrons. The number of nitrogens with zero attached hydrogens (tertiary/aromatic N) is 1. The van der Waals surface area contributed by atoms with E-state index < -0.39 is 15.6 Å². The Hall–Kier alpha value is -2.15. The van der Waals surface area contributed by atoms with Crippen LogP contribution < -0.4 is 4.74 Å². The molecule has 29 heavy (non-hydrogen) atoms. The fourth-order valence-corrected chi connectivity index (χ4v) is 5.29. The molecule has 0 spiro atoms. The van der Waals surface area contributed by atoms with Gasteiger partial charge >= 0.3 is 0 Å². The van der Waals surface area contributed by atoms with E-state index in [4.69, 9.17) is 9.15 Å². The fraction of sp³-hybridized carbons (Fsp3) is 0.545. The first-order valence-electron chi connectivity index (χ1n) is 10.2. The van der Waals surface area contributed by atoms with E-state index in [2.05, 4.69) is 4.98 Å². The van der Waals surface area contributed by atoms with E-state index >= 15 is 0 Å². The average molecular weight is 420 g/mol. The van der Waals surface area contributed by atoms with Crippen molar-refractivity contribution in [2.45, 2.75) is 57.6 Å². The number of aryl methyl sites for hydroxylation is 1. The standard InChI is InChI=1S/C22H29NO5S/c1-16-21(23-22(28-16)18-10-7-11-20(13-18)27-2)15-29(25,26)14-19(24)12-17-8-5-3-4-6-9-17/h7,10-11,13,17H,3-6,8-9,12,14-15H2,1-2H3. The Bertz CT molecular complexity index is 940. The van der Waals surface area contributed by atoms with Crippen molar-refractivity contribution in [3.8, 4) is 17.2 Å². The van der Waals surface area contributed by atoms with Crippen LogP contribution in [0, 0.1) is 12.8 Å². The normalized spacial score (nSPS) is 15.8. The van der Waals surface area contributed by atoms with Gasteiger partial charge in [0.25, 0.3) is 0 Å². The smallest absolute Gasteiger partial charge is 0.226 e. The second-order valence-corrected chi connectivity index (χ2v) is 9.95. The molecule has 1 saturated carbocycles. The number of sulfone groups is 1. The van der Waals surface area contributed by atoms with Gasteiger partial charge in [-0.15, -0.1) is 0 Å². The second kappa shape index (κ2) is 9.57. The van der Waals surface area contributed by atoms with Crippen LogP contribution in [0.15, 0.2) is 28.7 Å². The van der Waals surface area contributed by atoms with E-state index in [9.17, 15) is 13.2 Å². The van der Waals surface area contributed by atoms with Gasteiger partial charge in [0.15, 0.2) is 9.84 Å². The zero-order chi connectivity index (χ0) is 20.9. The zero-order valence-electron chi connectivity index (χ0n) is 17.1. The number of benzene rings is 1. The van der Waals surface area contributed by atoms with E-state index in [0.717, 1.165) is 25.7 Å². The van der Waals surface area contributed by atoms with Crippen molar-refractivity contribution in [2.24, 2.45) is 5.92 Å². The summed E-state index contributed by atoms with van der Waals surface area (Å²) in [5.41, 5.74) is 1.06. The van der Waals surface area contributed by atoms with Crippen molar-refractivity contribution in [3.05, 3.63) is 35.7 Å². The van der Waals surface area contributed by atoms with Crippen LogP contribution in [-0.4, -0.2) is 32.0 Å². The van der Waals surface area contributed by atoms with Gasteiger partial charge in [0.2, 0.25) is 5.89 Å². The Labute approximate surface area is 172 Å². The minimum absolute atomic E-state index is 0.189. The van der Waals surface area contributed by atoms with Crippen molar-refractivity contribution < 1.29 is 22.4 Å². The summed E-state index contributed by atoms with van der Waals surface area (Å²) in [6, 6.07) is 7.23. The summed E-state index contributed by atoms with van der Waals surface area (Å²) < 4.78 is 36.1. The maximum absolute atomic E-state index is 12.6. The van der Waals surface area contributed by atoms with Crippen LogP contribution >= 0.6 is 0 Å². The molecule has 0 saturated heterocycles. The number of Topliss-reactive ketones (excluding diaryl/α,β-unsaturated/α-hetero) is 1. The van der Waals surface area contributed by atoms with Crippen molar-refractivity contribution in [1.29, 1.82) is 0 Å². The summed E-state index contributed by atoms with van der Waals surface area (Å²) in [4.78, 5) is 16.7. The molecule has 0 amide bonds. The molecule has 1 aliphatic rings. The van der Waals surface area contributed by atoms with Gasteiger partial charge in [0, 0.05) is 12.0 Å². The molecule has 1 heterocycles. The number of hydrogen-bond donors (Lipinski definition) is 0.